The minimum absolute atomic E-state index is 0.226. The number of anilines is 3. The number of carbonyl (C=O) groups is 1. The summed E-state index contributed by atoms with van der Waals surface area (Å²) >= 11 is 0. The van der Waals surface area contributed by atoms with Crippen molar-refractivity contribution in [3.05, 3.63) is 54.1 Å². The molecule has 2 aromatic rings. The third-order valence-electron chi connectivity index (χ3n) is 2.98. The molecule has 0 fully saturated rings. The van der Waals surface area contributed by atoms with E-state index in [2.05, 4.69) is 6.07 Å². The Morgan fingerprint density at radius 1 is 1.10 bits per heavy atom. The fraction of sp³-hybridized carbons (Fsp3) is 0.125. The first kappa shape index (κ1) is 14.4. The monoisotopic (exact) mass is 280 g/mol. The number of rotatable bonds is 4. The molecule has 0 saturated carbocycles. The van der Waals surface area contributed by atoms with Gasteiger partial charge >= 0.3 is 0 Å². The third-order valence-corrected chi connectivity index (χ3v) is 2.98. The molecule has 5 heteroatoms. The summed E-state index contributed by atoms with van der Waals surface area (Å²) in [7, 11) is 0. The fourth-order valence-corrected chi connectivity index (χ4v) is 2.07. The van der Waals surface area contributed by atoms with Gasteiger partial charge in [-0.15, -0.1) is 0 Å². The third kappa shape index (κ3) is 3.51. The van der Waals surface area contributed by atoms with Gasteiger partial charge in [-0.1, -0.05) is 18.2 Å². The Morgan fingerprint density at radius 3 is 2.29 bits per heavy atom. The molecule has 0 aliphatic heterocycles. The van der Waals surface area contributed by atoms with E-state index < -0.39 is 0 Å². The van der Waals surface area contributed by atoms with Crippen LogP contribution in [0.4, 0.5) is 17.1 Å². The molecule has 106 valence electrons. The standard InChI is InChI=1S/C16H16N4O/c17-7-4-8-20(15-5-2-1-3-6-15)16(21)12-9-13(18)11-14(19)10-12/h1-3,5-6,9-11H,4,8,18-19H2. The molecule has 0 spiro atoms. The van der Waals surface area contributed by atoms with Crippen molar-refractivity contribution in [3.8, 4) is 6.07 Å². The van der Waals surface area contributed by atoms with E-state index in [9.17, 15) is 4.79 Å². The Hall–Kier alpha value is -3.00. The molecule has 0 unspecified atom stereocenters. The summed E-state index contributed by atoms with van der Waals surface area (Å²) in [4.78, 5) is 14.2. The molecule has 4 N–H and O–H groups in total. The molecular formula is C16H16N4O. The lowest BCUT2D eigenvalue weighted by Crippen LogP contribution is -2.31. The summed E-state index contributed by atoms with van der Waals surface area (Å²) in [6.45, 7) is 0.314. The van der Waals surface area contributed by atoms with Gasteiger partial charge < -0.3 is 16.4 Å². The molecule has 0 radical (unpaired) electrons. The quantitative estimate of drug-likeness (QED) is 0.840. The number of hydrogen-bond acceptors (Lipinski definition) is 4. The molecule has 0 aromatic heterocycles. The summed E-state index contributed by atoms with van der Waals surface area (Å²) in [5.74, 6) is -0.226. The lowest BCUT2D eigenvalue weighted by atomic mass is 10.1. The first-order valence-corrected chi connectivity index (χ1v) is 6.51. The van der Waals surface area contributed by atoms with Crippen molar-refractivity contribution in [2.75, 3.05) is 22.9 Å². The van der Waals surface area contributed by atoms with Crippen LogP contribution >= 0.6 is 0 Å². The summed E-state index contributed by atoms with van der Waals surface area (Å²) in [5.41, 5.74) is 13.5. The van der Waals surface area contributed by atoms with Crippen molar-refractivity contribution in [2.45, 2.75) is 6.42 Å². The summed E-state index contributed by atoms with van der Waals surface area (Å²) in [6, 6.07) is 16.0. The molecule has 2 aromatic carbocycles. The smallest absolute Gasteiger partial charge is 0.258 e. The maximum atomic E-state index is 12.7. The molecule has 0 aliphatic carbocycles. The SMILES string of the molecule is N#CCCN(C(=O)c1cc(N)cc(N)c1)c1ccccc1. The van der Waals surface area contributed by atoms with Gasteiger partial charge in [-0.2, -0.15) is 5.26 Å². The molecule has 0 bridgehead atoms. The van der Waals surface area contributed by atoms with Gasteiger partial charge in [0.2, 0.25) is 0 Å². The fourth-order valence-electron chi connectivity index (χ4n) is 2.07. The highest BCUT2D eigenvalue weighted by Crippen LogP contribution is 2.20. The highest BCUT2D eigenvalue weighted by atomic mass is 16.2. The van der Waals surface area contributed by atoms with Gasteiger partial charge in [0.25, 0.3) is 5.91 Å². The number of hydrogen-bond donors (Lipinski definition) is 2. The van der Waals surface area contributed by atoms with Gasteiger partial charge in [0.15, 0.2) is 0 Å². The number of nitrogens with zero attached hydrogens (tertiary/aromatic N) is 2. The van der Waals surface area contributed by atoms with Crippen LogP contribution in [0.5, 0.6) is 0 Å². The Bertz CT molecular complexity index is 656. The van der Waals surface area contributed by atoms with Gasteiger partial charge in [0, 0.05) is 29.2 Å². The highest BCUT2D eigenvalue weighted by Gasteiger charge is 2.18. The van der Waals surface area contributed by atoms with E-state index >= 15 is 0 Å². The molecule has 1 amide bonds. The molecule has 0 heterocycles. The lowest BCUT2D eigenvalue weighted by Gasteiger charge is -2.22. The number of carbonyl (C=O) groups excluding carboxylic acids is 1. The van der Waals surface area contributed by atoms with Crippen molar-refractivity contribution < 1.29 is 4.79 Å². The van der Waals surface area contributed by atoms with E-state index in [1.54, 1.807) is 23.1 Å². The molecular weight excluding hydrogens is 264 g/mol. The van der Waals surface area contributed by atoms with Gasteiger partial charge in [-0.25, -0.2) is 0 Å². The van der Waals surface area contributed by atoms with Crippen LogP contribution in [0.3, 0.4) is 0 Å². The zero-order valence-corrected chi connectivity index (χ0v) is 11.5. The van der Waals surface area contributed by atoms with Crippen molar-refractivity contribution in [1.29, 1.82) is 5.26 Å². The maximum Gasteiger partial charge on any atom is 0.258 e. The number of nitrogens with two attached hydrogens (primary N) is 2. The average Bonchev–Trinajstić information content (AvgIpc) is 2.47. The number of benzene rings is 2. The van der Waals surface area contributed by atoms with E-state index in [4.69, 9.17) is 16.7 Å². The largest absolute Gasteiger partial charge is 0.399 e. The van der Waals surface area contributed by atoms with Crippen LogP contribution in [0.2, 0.25) is 0 Å². The second-order valence-electron chi connectivity index (χ2n) is 4.59. The Kier molecular flexibility index (Phi) is 4.42. The van der Waals surface area contributed by atoms with E-state index in [1.807, 2.05) is 30.3 Å². The van der Waals surface area contributed by atoms with Crippen molar-refractivity contribution >= 4 is 23.0 Å². The average molecular weight is 280 g/mol. The van der Waals surface area contributed by atoms with Crippen LogP contribution in [-0.4, -0.2) is 12.5 Å². The summed E-state index contributed by atoms with van der Waals surface area (Å²) in [5, 5.41) is 8.77. The highest BCUT2D eigenvalue weighted by molar-refractivity contribution is 6.07. The Morgan fingerprint density at radius 2 is 1.71 bits per heavy atom. The minimum atomic E-state index is -0.226. The molecule has 21 heavy (non-hydrogen) atoms. The number of para-hydroxylation sites is 1. The topological polar surface area (TPSA) is 96.1 Å². The van der Waals surface area contributed by atoms with Crippen LogP contribution in [0.1, 0.15) is 16.8 Å². The summed E-state index contributed by atoms with van der Waals surface area (Å²) in [6.07, 6.45) is 0.248. The van der Waals surface area contributed by atoms with Crippen molar-refractivity contribution in [1.82, 2.24) is 0 Å². The van der Waals surface area contributed by atoms with E-state index in [1.165, 1.54) is 0 Å². The zero-order valence-electron chi connectivity index (χ0n) is 11.5. The van der Waals surface area contributed by atoms with Crippen molar-refractivity contribution in [2.24, 2.45) is 0 Å². The molecule has 5 nitrogen and oxygen atoms in total. The molecule has 0 aliphatic rings. The van der Waals surface area contributed by atoms with E-state index in [0.717, 1.165) is 5.69 Å². The molecule has 0 atom stereocenters. The predicted octanol–water partition coefficient (Wildman–Crippen LogP) is 2.41. The van der Waals surface area contributed by atoms with Crippen LogP contribution in [0, 0.1) is 11.3 Å². The molecule has 0 saturated heterocycles. The minimum Gasteiger partial charge on any atom is -0.399 e. The van der Waals surface area contributed by atoms with Gasteiger partial charge in [-0.05, 0) is 30.3 Å². The number of nitrogen functional groups attached to an aromatic ring is 2. The van der Waals surface area contributed by atoms with Gasteiger partial charge in [-0.3, -0.25) is 4.79 Å². The van der Waals surface area contributed by atoms with Crippen LogP contribution in [-0.2, 0) is 0 Å². The van der Waals surface area contributed by atoms with Crippen LogP contribution in [0.25, 0.3) is 0 Å². The molecule has 2 rings (SSSR count). The predicted molar refractivity (Wildman–Crippen MR) is 83.6 cm³/mol. The second-order valence-corrected chi connectivity index (χ2v) is 4.59. The van der Waals surface area contributed by atoms with Crippen LogP contribution in [0.15, 0.2) is 48.5 Å². The zero-order chi connectivity index (χ0) is 15.2. The maximum absolute atomic E-state index is 12.7. The first-order valence-electron chi connectivity index (χ1n) is 6.51. The van der Waals surface area contributed by atoms with Crippen molar-refractivity contribution in [3.63, 3.8) is 0 Å². The Balaban J connectivity index is 2.36. The van der Waals surface area contributed by atoms with E-state index in [0.29, 0.717) is 23.5 Å². The van der Waals surface area contributed by atoms with Gasteiger partial charge in [0.05, 0.1) is 12.5 Å². The normalized spacial score (nSPS) is 9.86. The van der Waals surface area contributed by atoms with E-state index in [-0.39, 0.29) is 12.3 Å². The lowest BCUT2D eigenvalue weighted by molar-refractivity contribution is 0.0987. The summed E-state index contributed by atoms with van der Waals surface area (Å²) < 4.78 is 0. The first-order chi connectivity index (χ1) is 10.1. The van der Waals surface area contributed by atoms with Gasteiger partial charge in [0.1, 0.15) is 0 Å². The van der Waals surface area contributed by atoms with Crippen LogP contribution < -0.4 is 16.4 Å². The number of nitriles is 1. The Labute approximate surface area is 123 Å². The second kappa shape index (κ2) is 6.44. The number of amides is 1.